The second-order valence-electron chi connectivity index (χ2n) is 9.76. The maximum absolute atomic E-state index is 14.3. The molecule has 0 amide bonds. The molecule has 8 nitrogen and oxygen atoms in total. The zero-order valence-corrected chi connectivity index (χ0v) is 23.2. The van der Waals surface area contributed by atoms with Gasteiger partial charge in [0.05, 0.1) is 33.4 Å². The predicted molar refractivity (Wildman–Crippen MR) is 161 cm³/mol. The van der Waals surface area contributed by atoms with Crippen LogP contribution in [0.15, 0.2) is 101 Å². The van der Waals surface area contributed by atoms with Gasteiger partial charge in [-0.1, -0.05) is 41.9 Å². The number of halogens is 4. The molecule has 1 atom stereocenters. The van der Waals surface area contributed by atoms with Crippen molar-refractivity contribution in [3.05, 3.63) is 128 Å². The van der Waals surface area contributed by atoms with Crippen molar-refractivity contribution in [2.24, 2.45) is 0 Å². The molecule has 0 radical (unpaired) electrons. The Balaban J connectivity index is 1.52. The summed E-state index contributed by atoms with van der Waals surface area (Å²) in [5.74, 6) is 0.264. The van der Waals surface area contributed by atoms with Gasteiger partial charge in [0, 0.05) is 29.0 Å². The molecular formula is C31H22ClF3N6O2. The van der Waals surface area contributed by atoms with Crippen LogP contribution < -0.4 is 21.6 Å². The van der Waals surface area contributed by atoms with Gasteiger partial charge in [-0.2, -0.15) is 13.2 Å². The second kappa shape index (κ2) is 10.9. The van der Waals surface area contributed by atoms with Crippen molar-refractivity contribution in [2.75, 3.05) is 10.6 Å². The summed E-state index contributed by atoms with van der Waals surface area (Å²) < 4.78 is 40.7. The average molecular weight is 603 g/mol. The summed E-state index contributed by atoms with van der Waals surface area (Å²) in [5, 5.41) is 7.51. The summed E-state index contributed by atoms with van der Waals surface area (Å²) >= 11 is 7.07. The fraction of sp³-hybridized carbons (Fsp3) is 0.0968. The molecule has 12 heteroatoms. The Bertz CT molecular complexity index is 2090. The number of hydrogen-bond donors (Lipinski definition) is 3. The molecule has 6 rings (SSSR count). The lowest BCUT2D eigenvalue weighted by atomic mass is 10.0. The van der Waals surface area contributed by atoms with Crippen LogP contribution in [0.5, 0.6) is 0 Å². The van der Waals surface area contributed by atoms with Gasteiger partial charge in [-0.3, -0.25) is 14.2 Å². The van der Waals surface area contributed by atoms with E-state index >= 15 is 0 Å². The summed E-state index contributed by atoms with van der Waals surface area (Å²) in [6.07, 6.45) is -1.66. The molecule has 6 aromatic rings. The van der Waals surface area contributed by atoms with Crippen LogP contribution >= 0.6 is 11.6 Å². The number of hydrogen-bond acceptors (Lipinski definition) is 6. The number of nitrogens with zero attached hydrogens (tertiary/aromatic N) is 3. The molecule has 3 N–H and O–H groups in total. The highest BCUT2D eigenvalue weighted by atomic mass is 35.5. The van der Waals surface area contributed by atoms with Crippen LogP contribution in [0.2, 0.25) is 5.02 Å². The molecule has 3 aromatic carbocycles. The molecule has 3 heterocycles. The summed E-state index contributed by atoms with van der Waals surface area (Å²) in [6.45, 7) is 1.79. The van der Waals surface area contributed by atoms with Crippen molar-refractivity contribution in [2.45, 2.75) is 19.1 Å². The van der Waals surface area contributed by atoms with E-state index in [0.29, 0.717) is 33.8 Å². The molecule has 216 valence electrons. The molecule has 0 unspecified atom stereocenters. The van der Waals surface area contributed by atoms with Gasteiger partial charge < -0.3 is 15.6 Å². The van der Waals surface area contributed by atoms with Gasteiger partial charge in [0.1, 0.15) is 23.2 Å². The molecule has 0 saturated carbocycles. The highest BCUT2D eigenvalue weighted by molar-refractivity contribution is 6.36. The topological polar surface area (TPSA) is 105 Å². The van der Waals surface area contributed by atoms with Gasteiger partial charge >= 0.3 is 6.18 Å². The quantitative estimate of drug-likeness (QED) is 0.186. The monoisotopic (exact) mass is 602 g/mol. The molecule has 3 aromatic heterocycles. The molecular weight excluding hydrogens is 581 g/mol. The van der Waals surface area contributed by atoms with Crippen molar-refractivity contribution < 1.29 is 13.2 Å². The van der Waals surface area contributed by atoms with E-state index in [1.54, 1.807) is 49.4 Å². The third kappa shape index (κ3) is 5.19. The van der Waals surface area contributed by atoms with E-state index < -0.39 is 23.3 Å². The van der Waals surface area contributed by atoms with Gasteiger partial charge in [-0.05, 0) is 49.4 Å². The number of fused-ring (bicyclic) bond motifs is 2. The van der Waals surface area contributed by atoms with Gasteiger partial charge in [-0.25, -0.2) is 9.97 Å². The van der Waals surface area contributed by atoms with Crippen molar-refractivity contribution >= 4 is 50.6 Å². The number of alkyl halides is 3. The average Bonchev–Trinajstić information content (AvgIpc) is 2.99. The van der Waals surface area contributed by atoms with Gasteiger partial charge in [0.25, 0.3) is 5.56 Å². The molecule has 0 spiro atoms. The lowest BCUT2D eigenvalue weighted by Gasteiger charge is -2.24. The van der Waals surface area contributed by atoms with Gasteiger partial charge in [0.15, 0.2) is 5.43 Å². The summed E-state index contributed by atoms with van der Waals surface area (Å²) in [6, 6.07) is 19.2. The third-order valence-electron chi connectivity index (χ3n) is 7.00. The third-order valence-corrected chi connectivity index (χ3v) is 7.40. The maximum Gasteiger partial charge on any atom is 0.416 e. The number of anilines is 3. The minimum Gasteiger partial charge on any atom is -0.361 e. The van der Waals surface area contributed by atoms with E-state index in [0.717, 1.165) is 12.1 Å². The van der Waals surface area contributed by atoms with Crippen LogP contribution in [-0.4, -0.2) is 19.5 Å². The van der Waals surface area contributed by atoms with Crippen LogP contribution in [0, 0.1) is 0 Å². The smallest absolute Gasteiger partial charge is 0.361 e. The van der Waals surface area contributed by atoms with E-state index in [-0.39, 0.29) is 27.0 Å². The van der Waals surface area contributed by atoms with E-state index in [1.807, 2.05) is 6.07 Å². The van der Waals surface area contributed by atoms with Crippen molar-refractivity contribution in [3.63, 3.8) is 0 Å². The van der Waals surface area contributed by atoms with Gasteiger partial charge in [-0.15, -0.1) is 0 Å². The standard InChI is InChI=1S/C31H22ClF3N6O2/c1-17(39-29-25-23(42)14-15-36-28(25)37-16-38-29)27-26(32)21-8-5-9-22(40-19-12-10-18(11-13-19)31(33,34)35)24(21)30(43)41(27)20-6-3-2-4-7-20/h2-17,40H,1H3,(H2,36,37,38,39,42)/t17-/m0/s1. The predicted octanol–water partition coefficient (Wildman–Crippen LogP) is 7.21. The molecule has 0 bridgehead atoms. The van der Waals surface area contributed by atoms with E-state index in [2.05, 4.69) is 25.6 Å². The molecule has 0 aliphatic rings. The number of rotatable bonds is 6. The molecule has 0 saturated heterocycles. The largest absolute Gasteiger partial charge is 0.416 e. The molecule has 43 heavy (non-hydrogen) atoms. The number of nitrogens with one attached hydrogen (secondary N) is 3. The van der Waals surface area contributed by atoms with Crippen molar-refractivity contribution in [1.82, 2.24) is 19.5 Å². The Labute approximate surface area is 246 Å². The Morgan fingerprint density at radius 3 is 2.37 bits per heavy atom. The van der Waals surface area contributed by atoms with Crippen LogP contribution in [0.3, 0.4) is 0 Å². The molecule has 0 aliphatic heterocycles. The minimum absolute atomic E-state index is 0.246. The van der Waals surface area contributed by atoms with Crippen LogP contribution in [0.25, 0.3) is 27.5 Å². The Morgan fingerprint density at radius 2 is 1.65 bits per heavy atom. The number of pyridine rings is 2. The molecule has 0 fully saturated rings. The lowest BCUT2D eigenvalue weighted by Crippen LogP contribution is -2.27. The Hall–Kier alpha value is -5.16. The van der Waals surface area contributed by atoms with E-state index in [1.165, 1.54) is 35.3 Å². The lowest BCUT2D eigenvalue weighted by molar-refractivity contribution is -0.137. The first-order valence-electron chi connectivity index (χ1n) is 13.1. The first-order chi connectivity index (χ1) is 20.6. The van der Waals surface area contributed by atoms with Crippen molar-refractivity contribution in [3.8, 4) is 5.69 Å². The first kappa shape index (κ1) is 28.0. The summed E-state index contributed by atoms with van der Waals surface area (Å²) in [7, 11) is 0. The fourth-order valence-electron chi connectivity index (χ4n) is 5.03. The minimum atomic E-state index is -4.47. The number of aromatic amines is 1. The Morgan fingerprint density at radius 1 is 0.907 bits per heavy atom. The normalized spacial score (nSPS) is 12.4. The zero-order chi connectivity index (χ0) is 30.3. The second-order valence-corrected chi connectivity index (χ2v) is 10.1. The summed E-state index contributed by atoms with van der Waals surface area (Å²) in [5.41, 5.74) is 0.557. The molecule has 0 aliphatic carbocycles. The Kier molecular flexibility index (Phi) is 7.10. The number of benzene rings is 3. The highest BCUT2D eigenvalue weighted by Gasteiger charge is 2.30. The number of H-pyrrole nitrogens is 1. The van der Waals surface area contributed by atoms with Gasteiger partial charge in [0.2, 0.25) is 0 Å². The zero-order valence-electron chi connectivity index (χ0n) is 22.4. The maximum atomic E-state index is 14.3. The highest BCUT2D eigenvalue weighted by Crippen LogP contribution is 2.36. The van der Waals surface area contributed by atoms with E-state index in [4.69, 9.17) is 11.6 Å². The summed E-state index contributed by atoms with van der Waals surface area (Å²) in [4.78, 5) is 38.3. The van der Waals surface area contributed by atoms with Crippen molar-refractivity contribution in [1.29, 1.82) is 0 Å². The van der Waals surface area contributed by atoms with Crippen LogP contribution in [0.4, 0.5) is 30.4 Å². The van der Waals surface area contributed by atoms with E-state index in [9.17, 15) is 22.8 Å². The number of para-hydroxylation sites is 1. The SMILES string of the molecule is C[C@H](Nc1ncnc2[nH]ccc(=O)c12)c1c(Cl)c2cccc(Nc3ccc(C(F)(F)F)cc3)c2c(=O)n1-c1ccccc1. The number of aromatic nitrogens is 4. The van der Waals surface area contributed by atoms with Crippen LogP contribution in [-0.2, 0) is 6.18 Å². The fourth-order valence-corrected chi connectivity index (χ4v) is 5.44. The first-order valence-corrected chi connectivity index (χ1v) is 13.5. The van der Waals surface area contributed by atoms with Crippen LogP contribution in [0.1, 0.15) is 24.2 Å².